The first-order chi connectivity index (χ1) is 11.8. The van der Waals surface area contributed by atoms with E-state index in [1.54, 1.807) is 11.0 Å². The monoisotopic (exact) mass is 419 g/mol. The number of thioether (sulfide) groups is 1. The van der Waals surface area contributed by atoms with E-state index < -0.39 is 0 Å². The molecule has 144 valence electrons. The van der Waals surface area contributed by atoms with E-state index >= 15 is 0 Å². The molecule has 1 fully saturated rings. The molecule has 1 atom stereocenters. The van der Waals surface area contributed by atoms with Crippen molar-refractivity contribution < 1.29 is 9.53 Å². The summed E-state index contributed by atoms with van der Waals surface area (Å²) in [4.78, 5) is 16.0. The first-order valence-corrected chi connectivity index (χ1v) is 9.11. The van der Waals surface area contributed by atoms with Crippen molar-refractivity contribution in [3.05, 3.63) is 36.9 Å². The van der Waals surface area contributed by atoms with Crippen LogP contribution in [0.3, 0.4) is 0 Å². The van der Waals surface area contributed by atoms with Crippen LogP contribution in [0.2, 0.25) is 0 Å². The molecule has 1 aromatic heterocycles. The minimum atomic E-state index is 0. The van der Waals surface area contributed by atoms with E-state index in [-0.39, 0.29) is 36.8 Å². The molecule has 1 aliphatic rings. The van der Waals surface area contributed by atoms with E-state index in [0.717, 1.165) is 29.5 Å². The molecule has 1 amide bonds. The lowest BCUT2D eigenvalue weighted by atomic mass is 10.2. The van der Waals surface area contributed by atoms with Gasteiger partial charge < -0.3 is 15.4 Å². The number of anilines is 1. The second-order valence-corrected chi connectivity index (χ2v) is 6.66. The molecule has 2 heterocycles. The summed E-state index contributed by atoms with van der Waals surface area (Å²) in [5, 5.41) is 10.3. The van der Waals surface area contributed by atoms with E-state index in [0.29, 0.717) is 19.6 Å². The summed E-state index contributed by atoms with van der Waals surface area (Å²) in [6, 6.07) is 7.70. The number of aromatic nitrogens is 3. The number of benzene rings is 1. The number of rotatable bonds is 7. The van der Waals surface area contributed by atoms with Gasteiger partial charge in [0.15, 0.2) is 0 Å². The summed E-state index contributed by atoms with van der Waals surface area (Å²) >= 11 is 1.89. The molecule has 0 radical (unpaired) electrons. The number of ether oxygens (including phenoxy) is 1. The van der Waals surface area contributed by atoms with Gasteiger partial charge >= 0.3 is 0 Å². The third kappa shape index (κ3) is 7.41. The molecule has 26 heavy (non-hydrogen) atoms. The molecule has 2 aromatic rings. The third-order valence-electron chi connectivity index (χ3n) is 3.60. The predicted molar refractivity (Wildman–Crippen MR) is 109 cm³/mol. The highest BCUT2D eigenvalue weighted by Gasteiger charge is 2.16. The highest BCUT2D eigenvalue weighted by atomic mass is 35.5. The Morgan fingerprint density at radius 1 is 1.42 bits per heavy atom. The van der Waals surface area contributed by atoms with Gasteiger partial charge in [0.2, 0.25) is 5.91 Å². The molecule has 2 N–H and O–H groups in total. The summed E-state index contributed by atoms with van der Waals surface area (Å²) in [5.41, 5.74) is 0.752. The summed E-state index contributed by atoms with van der Waals surface area (Å²) in [7, 11) is 0. The van der Waals surface area contributed by atoms with E-state index in [2.05, 4.69) is 20.7 Å². The Morgan fingerprint density at radius 3 is 3.04 bits per heavy atom. The Hall–Kier alpha value is -1.48. The van der Waals surface area contributed by atoms with Gasteiger partial charge in [0, 0.05) is 42.3 Å². The molecular formula is C16H23Cl2N5O2S. The maximum Gasteiger partial charge on any atom is 0.225 e. The first kappa shape index (κ1) is 22.6. The topological polar surface area (TPSA) is 81.1 Å². The number of nitrogens with zero attached hydrogens (tertiary/aromatic N) is 3. The Labute approximate surface area is 169 Å². The van der Waals surface area contributed by atoms with Crippen molar-refractivity contribution in [2.75, 3.05) is 30.0 Å². The van der Waals surface area contributed by atoms with Gasteiger partial charge in [-0.2, -0.15) is 16.9 Å². The molecule has 0 spiro atoms. The maximum atomic E-state index is 12.1. The van der Waals surface area contributed by atoms with E-state index in [4.69, 9.17) is 4.74 Å². The molecule has 1 unspecified atom stereocenters. The molecular weight excluding hydrogens is 397 g/mol. The van der Waals surface area contributed by atoms with Crippen LogP contribution in [0.5, 0.6) is 5.75 Å². The van der Waals surface area contributed by atoms with Gasteiger partial charge in [-0.15, -0.1) is 24.8 Å². The van der Waals surface area contributed by atoms with Gasteiger partial charge in [0.25, 0.3) is 0 Å². The molecule has 0 saturated carbocycles. The molecule has 1 saturated heterocycles. The molecule has 0 aliphatic carbocycles. The number of amides is 1. The molecule has 1 aliphatic heterocycles. The van der Waals surface area contributed by atoms with Gasteiger partial charge in [0.05, 0.1) is 6.54 Å². The summed E-state index contributed by atoms with van der Waals surface area (Å²) in [6.45, 7) is 2.09. The van der Waals surface area contributed by atoms with Crippen LogP contribution in [0.4, 0.5) is 5.69 Å². The molecule has 7 nitrogen and oxygen atoms in total. The fourth-order valence-electron chi connectivity index (χ4n) is 2.46. The van der Waals surface area contributed by atoms with Crippen LogP contribution in [-0.2, 0) is 11.3 Å². The van der Waals surface area contributed by atoms with Gasteiger partial charge in [-0.25, -0.2) is 9.67 Å². The Bertz CT molecular complexity index is 654. The van der Waals surface area contributed by atoms with Crippen molar-refractivity contribution in [3.8, 4) is 5.75 Å². The lowest BCUT2D eigenvalue weighted by molar-refractivity contribution is -0.116. The van der Waals surface area contributed by atoms with Crippen LogP contribution in [0, 0.1) is 0 Å². The van der Waals surface area contributed by atoms with Crippen molar-refractivity contribution >= 4 is 48.2 Å². The lowest BCUT2D eigenvalue weighted by Gasteiger charge is -2.22. The van der Waals surface area contributed by atoms with E-state index in [9.17, 15) is 4.79 Å². The quantitative estimate of drug-likeness (QED) is 0.715. The average molecular weight is 420 g/mol. The van der Waals surface area contributed by atoms with Gasteiger partial charge in [-0.3, -0.25) is 4.79 Å². The largest absolute Gasteiger partial charge is 0.492 e. The fourth-order valence-corrected chi connectivity index (χ4v) is 3.40. The van der Waals surface area contributed by atoms with Crippen LogP contribution in [0.25, 0.3) is 0 Å². The van der Waals surface area contributed by atoms with Crippen molar-refractivity contribution in [1.82, 2.24) is 20.1 Å². The Morgan fingerprint density at radius 2 is 2.31 bits per heavy atom. The second kappa shape index (κ2) is 12.0. The predicted octanol–water partition coefficient (Wildman–Crippen LogP) is 2.23. The van der Waals surface area contributed by atoms with Crippen LogP contribution >= 0.6 is 36.6 Å². The highest BCUT2D eigenvalue weighted by molar-refractivity contribution is 7.99. The van der Waals surface area contributed by atoms with Crippen molar-refractivity contribution in [3.63, 3.8) is 0 Å². The minimum Gasteiger partial charge on any atom is -0.492 e. The fraction of sp³-hybridized carbons (Fsp3) is 0.438. The van der Waals surface area contributed by atoms with Crippen LogP contribution < -0.4 is 15.4 Å². The summed E-state index contributed by atoms with van der Waals surface area (Å²) < 4.78 is 7.41. The van der Waals surface area contributed by atoms with Crippen LogP contribution in [0.1, 0.15) is 6.42 Å². The Balaban J connectivity index is 0.00000169. The molecule has 1 aromatic carbocycles. The maximum absolute atomic E-state index is 12.1. The van der Waals surface area contributed by atoms with Crippen molar-refractivity contribution in [1.29, 1.82) is 0 Å². The molecule has 0 bridgehead atoms. The smallest absolute Gasteiger partial charge is 0.225 e. The number of carbonyl (C=O) groups is 1. The lowest BCUT2D eigenvalue weighted by Crippen LogP contribution is -2.39. The van der Waals surface area contributed by atoms with Gasteiger partial charge in [-0.05, 0) is 12.1 Å². The van der Waals surface area contributed by atoms with Gasteiger partial charge in [0.1, 0.15) is 25.0 Å². The van der Waals surface area contributed by atoms with Crippen molar-refractivity contribution in [2.45, 2.75) is 19.0 Å². The highest BCUT2D eigenvalue weighted by Crippen LogP contribution is 2.18. The van der Waals surface area contributed by atoms with Crippen LogP contribution in [-0.4, -0.2) is 51.4 Å². The zero-order chi connectivity index (χ0) is 16.6. The summed E-state index contributed by atoms with van der Waals surface area (Å²) in [5.74, 6) is 2.85. The zero-order valence-corrected chi connectivity index (χ0v) is 16.6. The normalized spacial score (nSPS) is 16.1. The standard InChI is InChI=1S/C16H21N5O2S.2ClH/c22-16(9-14-10-24-7-4-18-14)20-13-2-1-3-15(8-13)23-6-5-21-12-17-11-19-21;;/h1-3,8,11-12,14,18H,4-7,9-10H2,(H,20,22);2*1H. The number of carbonyl (C=O) groups excluding carboxylic acids is 1. The van der Waals surface area contributed by atoms with Crippen LogP contribution in [0.15, 0.2) is 36.9 Å². The first-order valence-electron chi connectivity index (χ1n) is 7.96. The summed E-state index contributed by atoms with van der Waals surface area (Å²) in [6.07, 6.45) is 3.64. The van der Waals surface area contributed by atoms with E-state index in [1.165, 1.54) is 6.33 Å². The third-order valence-corrected chi connectivity index (χ3v) is 4.73. The molecule has 3 rings (SSSR count). The number of halogens is 2. The number of nitrogens with one attached hydrogen (secondary N) is 2. The van der Waals surface area contributed by atoms with Crippen molar-refractivity contribution in [2.24, 2.45) is 0 Å². The minimum absolute atomic E-state index is 0. The number of hydrogen-bond donors (Lipinski definition) is 2. The molecule has 10 heteroatoms. The second-order valence-electron chi connectivity index (χ2n) is 5.51. The zero-order valence-electron chi connectivity index (χ0n) is 14.2. The van der Waals surface area contributed by atoms with E-state index in [1.807, 2.05) is 36.0 Å². The number of hydrogen-bond acceptors (Lipinski definition) is 6. The SMILES string of the molecule is Cl.Cl.O=C(CC1CSCCN1)Nc1cccc(OCCn2cncn2)c1. The van der Waals surface area contributed by atoms with Gasteiger partial charge in [-0.1, -0.05) is 6.07 Å². The Kier molecular flexibility index (Phi) is 10.4. The average Bonchev–Trinajstić information content (AvgIpc) is 3.09.